The van der Waals surface area contributed by atoms with Crippen LogP contribution < -0.4 is 9.80 Å². The third-order valence-corrected chi connectivity index (χ3v) is 11.4. The number of nitrogens with zero attached hydrogens (tertiary/aromatic N) is 2. The van der Waals surface area contributed by atoms with Gasteiger partial charge in [-0.2, -0.15) is 0 Å². The molecule has 44 heavy (non-hydrogen) atoms. The van der Waals surface area contributed by atoms with E-state index in [0.717, 1.165) is 27.5 Å². The van der Waals surface area contributed by atoms with Crippen LogP contribution in [0.2, 0.25) is 5.02 Å². The summed E-state index contributed by atoms with van der Waals surface area (Å²) in [6, 6.07) is 15.9. The molecule has 4 amide bonds. The number of hydrogen-bond acceptors (Lipinski definition) is 5. The second kappa shape index (κ2) is 9.89. The van der Waals surface area contributed by atoms with E-state index in [1.165, 1.54) is 24.3 Å². The van der Waals surface area contributed by atoms with E-state index < -0.39 is 57.0 Å². The lowest BCUT2D eigenvalue weighted by molar-refractivity contribution is -0.125. The van der Waals surface area contributed by atoms with E-state index in [0.29, 0.717) is 21.8 Å². The van der Waals surface area contributed by atoms with Gasteiger partial charge in [-0.05, 0) is 85.3 Å². The zero-order valence-corrected chi connectivity index (χ0v) is 25.4. The minimum atomic E-state index is -2.04. The molecular weight excluding hydrogens is 630 g/mol. The Balaban J connectivity index is 1.38. The molecule has 6 atom stereocenters. The van der Waals surface area contributed by atoms with Crippen LogP contribution in [0.25, 0.3) is 0 Å². The van der Waals surface area contributed by atoms with Crippen LogP contribution in [0.15, 0.2) is 78.4 Å². The van der Waals surface area contributed by atoms with Gasteiger partial charge in [0.05, 0.1) is 23.2 Å². The van der Waals surface area contributed by atoms with Crippen molar-refractivity contribution in [2.24, 2.45) is 17.8 Å². The molecule has 0 radical (unpaired) electrons. The fourth-order valence-electron chi connectivity index (χ4n) is 7.41. The smallest absolute Gasteiger partial charge is 0.258 e. The molecular formula is C33H24Cl3FN2O5. The lowest BCUT2D eigenvalue weighted by atomic mass is 9.56. The molecule has 0 unspecified atom stereocenters. The molecule has 3 fully saturated rings. The molecule has 2 saturated heterocycles. The predicted octanol–water partition coefficient (Wildman–Crippen LogP) is 6.26. The number of halogens is 4. The first-order valence-corrected chi connectivity index (χ1v) is 15.2. The van der Waals surface area contributed by atoms with Crippen molar-refractivity contribution in [1.29, 1.82) is 0 Å². The Morgan fingerprint density at radius 2 is 1.50 bits per heavy atom. The number of carbonyl (C=O) groups excluding carboxylic acids is 4. The fourth-order valence-corrected chi connectivity index (χ4v) is 8.52. The Kier molecular flexibility index (Phi) is 6.52. The van der Waals surface area contributed by atoms with Gasteiger partial charge in [0.25, 0.3) is 11.8 Å². The SMILES string of the molecule is Cc1ccc(N2C(=O)[C@H]3[C@H](CC=C4[C@H]3C[C@@]3(Cl)C(=O)N(c5ccc(F)cc5)C(=O)[C@@]3(Cl)[C@H]4c3ccc(O)cc3)C2=O)cc1Cl. The Morgan fingerprint density at radius 3 is 2.16 bits per heavy atom. The third-order valence-electron chi connectivity index (χ3n) is 9.54. The van der Waals surface area contributed by atoms with E-state index in [1.54, 1.807) is 30.3 Å². The average molecular weight is 654 g/mol. The molecule has 0 spiro atoms. The van der Waals surface area contributed by atoms with Crippen molar-refractivity contribution in [3.8, 4) is 5.75 Å². The number of aromatic hydroxyl groups is 1. The Hall–Kier alpha value is -3.72. The molecule has 224 valence electrons. The summed E-state index contributed by atoms with van der Waals surface area (Å²) in [4.78, 5) is 54.4. The van der Waals surface area contributed by atoms with Crippen LogP contribution in [-0.4, -0.2) is 38.5 Å². The van der Waals surface area contributed by atoms with Gasteiger partial charge in [0.2, 0.25) is 11.8 Å². The standard InChI is InChI=1S/C33H24Cl3FN2O5/c1-16-2-7-20(14-25(16)34)38-28(41)23-13-12-22-24(26(23)29(38)42)15-32(35)30(43)39(19-8-5-18(37)6-9-19)31(44)33(32,36)27(22)17-3-10-21(40)11-4-17/h2-12,14,23-24,26-27,40H,13,15H2,1H3/t23-,24+,26-,27-,32+,33-/m0/s1. The highest BCUT2D eigenvalue weighted by molar-refractivity contribution is 6.58. The van der Waals surface area contributed by atoms with E-state index in [4.69, 9.17) is 34.8 Å². The van der Waals surface area contributed by atoms with E-state index in [2.05, 4.69) is 0 Å². The molecule has 2 aliphatic carbocycles. The lowest BCUT2D eigenvalue weighted by Gasteiger charge is -2.50. The maximum atomic E-state index is 14.3. The first-order valence-electron chi connectivity index (χ1n) is 14.0. The maximum Gasteiger partial charge on any atom is 0.258 e. The van der Waals surface area contributed by atoms with Gasteiger partial charge >= 0.3 is 0 Å². The number of allylic oxidation sites excluding steroid dienone is 2. The van der Waals surface area contributed by atoms with Gasteiger partial charge in [-0.15, -0.1) is 23.2 Å². The van der Waals surface area contributed by atoms with Gasteiger partial charge in [-0.1, -0.05) is 41.4 Å². The van der Waals surface area contributed by atoms with Gasteiger partial charge in [-0.25, -0.2) is 14.2 Å². The molecule has 11 heteroatoms. The van der Waals surface area contributed by atoms with E-state index in [9.17, 15) is 28.7 Å². The Labute approximate surface area is 266 Å². The van der Waals surface area contributed by atoms with Crippen LogP contribution in [0.4, 0.5) is 15.8 Å². The molecule has 4 aliphatic rings. The molecule has 3 aromatic carbocycles. The molecule has 1 N–H and O–H groups in total. The quantitative estimate of drug-likeness (QED) is 0.205. The summed E-state index contributed by atoms with van der Waals surface area (Å²) >= 11 is 21.0. The number of rotatable bonds is 3. The van der Waals surface area contributed by atoms with Crippen LogP contribution in [0.1, 0.15) is 29.9 Å². The number of hydrogen-bond donors (Lipinski definition) is 1. The summed E-state index contributed by atoms with van der Waals surface area (Å²) in [6.07, 6.45) is 1.85. The maximum absolute atomic E-state index is 14.3. The fraction of sp³-hybridized carbons (Fsp3) is 0.273. The number of phenolic OH excluding ortho intramolecular Hbond substituents is 1. The number of anilines is 2. The van der Waals surface area contributed by atoms with Crippen molar-refractivity contribution in [2.45, 2.75) is 35.4 Å². The molecule has 0 bridgehead atoms. The van der Waals surface area contributed by atoms with Crippen molar-refractivity contribution in [3.05, 3.63) is 100 Å². The summed E-state index contributed by atoms with van der Waals surface area (Å²) in [7, 11) is 0. The number of amides is 4. The summed E-state index contributed by atoms with van der Waals surface area (Å²) in [5.74, 6) is -6.30. The van der Waals surface area contributed by atoms with Crippen LogP contribution in [0.3, 0.4) is 0 Å². The highest BCUT2D eigenvalue weighted by Gasteiger charge is 2.76. The minimum Gasteiger partial charge on any atom is -0.508 e. The van der Waals surface area contributed by atoms with Gasteiger partial charge in [0.1, 0.15) is 11.6 Å². The van der Waals surface area contributed by atoms with E-state index >= 15 is 0 Å². The zero-order valence-electron chi connectivity index (χ0n) is 23.1. The summed E-state index contributed by atoms with van der Waals surface area (Å²) in [5.41, 5.74) is 2.36. The predicted molar refractivity (Wildman–Crippen MR) is 163 cm³/mol. The Bertz CT molecular complexity index is 1810. The summed E-state index contributed by atoms with van der Waals surface area (Å²) < 4.78 is 13.8. The second-order valence-corrected chi connectivity index (χ2v) is 13.4. The molecule has 2 heterocycles. The topological polar surface area (TPSA) is 95.0 Å². The summed E-state index contributed by atoms with van der Waals surface area (Å²) in [5, 5.41) is 10.4. The molecule has 3 aromatic rings. The highest BCUT2D eigenvalue weighted by Crippen LogP contribution is 2.66. The number of aryl methyl sites for hydroxylation is 1. The van der Waals surface area contributed by atoms with E-state index in [1.807, 2.05) is 13.0 Å². The van der Waals surface area contributed by atoms with Crippen LogP contribution in [0, 0.1) is 30.5 Å². The zero-order chi connectivity index (χ0) is 31.3. The van der Waals surface area contributed by atoms with Gasteiger partial charge in [-0.3, -0.25) is 19.2 Å². The number of phenols is 1. The second-order valence-electron chi connectivity index (χ2n) is 11.8. The molecule has 7 rings (SSSR count). The van der Waals surface area contributed by atoms with Gasteiger partial charge in [0, 0.05) is 10.9 Å². The summed E-state index contributed by atoms with van der Waals surface area (Å²) in [6.45, 7) is 1.81. The first-order chi connectivity index (χ1) is 20.9. The molecule has 2 aliphatic heterocycles. The lowest BCUT2D eigenvalue weighted by Crippen LogP contribution is -2.60. The van der Waals surface area contributed by atoms with Crippen molar-refractivity contribution < 1.29 is 28.7 Å². The molecule has 1 saturated carbocycles. The first kappa shape index (κ1) is 29.0. The van der Waals surface area contributed by atoms with Gasteiger partial charge < -0.3 is 5.11 Å². The largest absolute Gasteiger partial charge is 0.508 e. The number of alkyl halides is 2. The van der Waals surface area contributed by atoms with Crippen LogP contribution in [0.5, 0.6) is 5.75 Å². The van der Waals surface area contributed by atoms with Crippen molar-refractivity contribution in [3.63, 3.8) is 0 Å². The average Bonchev–Trinajstić information content (AvgIpc) is 3.33. The van der Waals surface area contributed by atoms with Gasteiger partial charge in [0.15, 0.2) is 9.75 Å². The van der Waals surface area contributed by atoms with Crippen molar-refractivity contribution in [2.75, 3.05) is 9.80 Å². The number of imide groups is 2. The minimum absolute atomic E-state index is 0.0229. The number of carbonyl (C=O) groups is 4. The van der Waals surface area contributed by atoms with Crippen molar-refractivity contribution >= 4 is 69.8 Å². The molecule has 0 aromatic heterocycles. The monoisotopic (exact) mass is 652 g/mol. The number of fused-ring (bicyclic) bond motifs is 4. The normalized spacial score (nSPS) is 31.2. The highest BCUT2D eigenvalue weighted by atomic mass is 35.5. The van der Waals surface area contributed by atoms with E-state index in [-0.39, 0.29) is 30.2 Å². The number of benzene rings is 3. The van der Waals surface area contributed by atoms with Crippen LogP contribution >= 0.6 is 34.8 Å². The Morgan fingerprint density at radius 1 is 0.841 bits per heavy atom. The van der Waals surface area contributed by atoms with Crippen molar-refractivity contribution in [1.82, 2.24) is 0 Å². The third kappa shape index (κ3) is 3.80. The molecule has 7 nitrogen and oxygen atoms in total. The van der Waals surface area contributed by atoms with Crippen LogP contribution in [-0.2, 0) is 19.2 Å².